The molecule has 21 heavy (non-hydrogen) atoms. The average molecular weight is 403 g/mol. The molecule has 4 nitrogen and oxygen atoms in total. The van der Waals surface area contributed by atoms with Gasteiger partial charge in [-0.3, -0.25) is 0 Å². The van der Waals surface area contributed by atoms with Gasteiger partial charge in [0.05, 0.1) is 9.26 Å². The van der Waals surface area contributed by atoms with Gasteiger partial charge in [0.25, 0.3) is 0 Å². The lowest BCUT2D eigenvalue weighted by molar-refractivity contribution is -0.0516. The van der Waals surface area contributed by atoms with Crippen LogP contribution in [0.2, 0.25) is 0 Å². The molecule has 118 valence electrons. The van der Waals surface area contributed by atoms with Crippen molar-refractivity contribution < 1.29 is 4.74 Å². The molecule has 0 spiro atoms. The van der Waals surface area contributed by atoms with Crippen molar-refractivity contribution in [1.82, 2.24) is 9.97 Å². The first-order valence-corrected chi connectivity index (χ1v) is 8.99. The Hall–Kier alpha value is -0.430. The summed E-state index contributed by atoms with van der Waals surface area (Å²) in [6, 6.07) is 0. The lowest BCUT2D eigenvalue weighted by Gasteiger charge is -2.35. The minimum atomic E-state index is -0.295. The van der Waals surface area contributed by atoms with Crippen LogP contribution in [0.3, 0.4) is 0 Å². The molecule has 5 heteroatoms. The second-order valence-electron chi connectivity index (χ2n) is 6.04. The quantitative estimate of drug-likeness (QED) is 0.739. The Balaban J connectivity index is 2.51. The first-order chi connectivity index (χ1) is 10.0. The molecule has 0 unspecified atom stereocenters. The van der Waals surface area contributed by atoms with Crippen molar-refractivity contribution in [3.63, 3.8) is 0 Å². The number of ether oxygens (including phenoxy) is 1. The van der Waals surface area contributed by atoms with Crippen LogP contribution in [0.1, 0.15) is 70.3 Å². The monoisotopic (exact) mass is 403 g/mol. The third-order valence-corrected chi connectivity index (χ3v) is 5.29. The Bertz CT molecular complexity index is 485. The Kier molecular flexibility index (Phi) is 5.82. The third kappa shape index (κ3) is 3.50. The molecule has 1 N–H and O–H groups in total. The van der Waals surface area contributed by atoms with Gasteiger partial charge in [0.2, 0.25) is 0 Å². The maximum atomic E-state index is 5.92. The Morgan fingerprint density at radius 3 is 2.43 bits per heavy atom. The van der Waals surface area contributed by atoms with Crippen LogP contribution in [0, 0.1) is 3.57 Å². The van der Waals surface area contributed by atoms with Crippen LogP contribution in [0.25, 0.3) is 0 Å². The van der Waals surface area contributed by atoms with Gasteiger partial charge < -0.3 is 10.1 Å². The second kappa shape index (κ2) is 7.22. The summed E-state index contributed by atoms with van der Waals surface area (Å²) < 4.78 is 7.05. The van der Waals surface area contributed by atoms with Crippen molar-refractivity contribution in [2.24, 2.45) is 0 Å². The molecule has 0 amide bonds. The van der Waals surface area contributed by atoms with Crippen LogP contribution in [0.15, 0.2) is 0 Å². The van der Waals surface area contributed by atoms with E-state index in [4.69, 9.17) is 14.7 Å². The molecular weight excluding hydrogens is 377 g/mol. The first-order valence-electron chi connectivity index (χ1n) is 7.91. The number of nitrogens with zero attached hydrogens (tertiary/aromatic N) is 2. The molecule has 1 heterocycles. The molecule has 1 aromatic heterocycles. The summed E-state index contributed by atoms with van der Waals surface area (Å²) in [6.07, 6.45) is 5.71. The molecule has 0 aliphatic heterocycles. The lowest BCUT2D eigenvalue weighted by Crippen LogP contribution is -2.34. The number of halogens is 1. The topological polar surface area (TPSA) is 47.0 Å². The zero-order valence-electron chi connectivity index (χ0n) is 13.5. The number of anilines is 1. The normalized spacial score (nSPS) is 18.0. The predicted molar refractivity (Wildman–Crippen MR) is 94.8 cm³/mol. The van der Waals surface area contributed by atoms with Gasteiger partial charge in [0.15, 0.2) is 5.82 Å². The minimum Gasteiger partial charge on any atom is -0.370 e. The van der Waals surface area contributed by atoms with Crippen LogP contribution in [-0.4, -0.2) is 23.6 Å². The molecule has 1 fully saturated rings. The average Bonchev–Trinajstić information content (AvgIpc) is 2.49. The van der Waals surface area contributed by atoms with Gasteiger partial charge in [0, 0.05) is 13.7 Å². The van der Waals surface area contributed by atoms with Crippen molar-refractivity contribution in [2.75, 3.05) is 19.0 Å². The van der Waals surface area contributed by atoms with Gasteiger partial charge in [-0.1, -0.05) is 33.1 Å². The molecule has 0 radical (unpaired) electrons. The van der Waals surface area contributed by atoms with E-state index >= 15 is 0 Å². The molecule has 1 aromatic rings. The number of rotatable bonds is 5. The molecular formula is C16H26IN3O. The van der Waals surface area contributed by atoms with E-state index in [9.17, 15) is 0 Å². The standard InChI is InChI=1S/C16H26IN3O/c1-5-18-14-12(17)13(11(2)3)19-15(20-14)16(21-4)9-7-6-8-10-16/h11H,5-10H2,1-4H3,(H,18,19,20). The van der Waals surface area contributed by atoms with E-state index in [1.165, 1.54) is 19.3 Å². The van der Waals surface area contributed by atoms with Crippen LogP contribution in [0.4, 0.5) is 5.82 Å². The molecule has 1 saturated carbocycles. The number of hydrogen-bond donors (Lipinski definition) is 1. The molecule has 2 rings (SSSR count). The van der Waals surface area contributed by atoms with Crippen molar-refractivity contribution >= 4 is 28.4 Å². The fourth-order valence-corrected chi connectivity index (χ4v) is 4.03. The third-order valence-electron chi connectivity index (χ3n) is 4.23. The van der Waals surface area contributed by atoms with Crippen molar-refractivity contribution in [3.05, 3.63) is 15.1 Å². The van der Waals surface area contributed by atoms with Gasteiger partial charge in [-0.15, -0.1) is 0 Å². The van der Waals surface area contributed by atoms with Crippen LogP contribution < -0.4 is 5.32 Å². The van der Waals surface area contributed by atoms with Gasteiger partial charge in [-0.05, 0) is 48.3 Å². The summed E-state index contributed by atoms with van der Waals surface area (Å²) in [5.41, 5.74) is 0.828. The maximum Gasteiger partial charge on any atom is 0.162 e. The SMILES string of the molecule is CCNc1nc(C2(OC)CCCCC2)nc(C(C)C)c1I. The van der Waals surface area contributed by atoms with Gasteiger partial charge in [-0.2, -0.15) is 0 Å². The smallest absolute Gasteiger partial charge is 0.162 e. The second-order valence-corrected chi connectivity index (χ2v) is 7.12. The number of aromatic nitrogens is 2. The molecule has 1 aliphatic rings. The molecule has 0 saturated heterocycles. The first kappa shape index (κ1) is 16.9. The van der Waals surface area contributed by atoms with Crippen molar-refractivity contribution in [1.29, 1.82) is 0 Å². The van der Waals surface area contributed by atoms with E-state index in [-0.39, 0.29) is 5.60 Å². The highest BCUT2D eigenvalue weighted by atomic mass is 127. The Labute approximate surface area is 141 Å². The minimum absolute atomic E-state index is 0.295. The fourth-order valence-electron chi connectivity index (χ4n) is 2.98. The highest BCUT2D eigenvalue weighted by Gasteiger charge is 2.37. The van der Waals surface area contributed by atoms with Crippen LogP contribution in [0.5, 0.6) is 0 Å². The Morgan fingerprint density at radius 2 is 1.90 bits per heavy atom. The van der Waals surface area contributed by atoms with E-state index in [2.05, 4.69) is 48.7 Å². The molecule has 0 atom stereocenters. The summed E-state index contributed by atoms with van der Waals surface area (Å²) in [4.78, 5) is 9.71. The maximum absolute atomic E-state index is 5.92. The fraction of sp³-hybridized carbons (Fsp3) is 0.750. The highest BCUT2D eigenvalue weighted by Crippen LogP contribution is 2.40. The number of nitrogens with one attached hydrogen (secondary N) is 1. The lowest BCUT2D eigenvalue weighted by atomic mass is 9.83. The van der Waals surface area contributed by atoms with E-state index in [1.54, 1.807) is 7.11 Å². The summed E-state index contributed by atoms with van der Waals surface area (Å²) in [7, 11) is 1.80. The van der Waals surface area contributed by atoms with E-state index in [0.29, 0.717) is 5.92 Å². The highest BCUT2D eigenvalue weighted by molar-refractivity contribution is 14.1. The van der Waals surface area contributed by atoms with Gasteiger partial charge in [-0.25, -0.2) is 9.97 Å². The van der Waals surface area contributed by atoms with E-state index in [0.717, 1.165) is 40.3 Å². The zero-order chi connectivity index (χ0) is 15.5. The van der Waals surface area contributed by atoms with E-state index in [1.807, 2.05) is 0 Å². The zero-order valence-corrected chi connectivity index (χ0v) is 15.7. The van der Waals surface area contributed by atoms with Crippen LogP contribution >= 0.6 is 22.6 Å². The van der Waals surface area contributed by atoms with Crippen LogP contribution in [-0.2, 0) is 10.3 Å². The van der Waals surface area contributed by atoms with Gasteiger partial charge >= 0.3 is 0 Å². The Morgan fingerprint density at radius 1 is 1.24 bits per heavy atom. The van der Waals surface area contributed by atoms with Crippen molar-refractivity contribution in [3.8, 4) is 0 Å². The molecule has 0 aromatic carbocycles. The predicted octanol–water partition coefficient (Wildman–Crippen LogP) is 4.44. The summed E-state index contributed by atoms with van der Waals surface area (Å²) >= 11 is 2.36. The van der Waals surface area contributed by atoms with Gasteiger partial charge in [0.1, 0.15) is 11.4 Å². The molecule has 1 aliphatic carbocycles. The summed E-state index contributed by atoms with van der Waals surface area (Å²) in [5, 5.41) is 3.38. The summed E-state index contributed by atoms with van der Waals surface area (Å²) in [5.74, 6) is 2.20. The molecule has 0 bridgehead atoms. The summed E-state index contributed by atoms with van der Waals surface area (Å²) in [6.45, 7) is 7.33. The largest absolute Gasteiger partial charge is 0.370 e. The van der Waals surface area contributed by atoms with E-state index < -0.39 is 0 Å². The number of hydrogen-bond acceptors (Lipinski definition) is 4. The van der Waals surface area contributed by atoms with Crippen molar-refractivity contribution in [2.45, 2.75) is 64.4 Å². The number of methoxy groups -OCH3 is 1.